The molecule has 0 aromatic rings. The van der Waals surface area contributed by atoms with Crippen molar-refractivity contribution < 1.29 is 4.79 Å². The fraction of sp³-hybridized carbons (Fsp3) is 0.929. The van der Waals surface area contributed by atoms with Crippen molar-refractivity contribution in [3.63, 3.8) is 0 Å². The number of rotatable bonds is 4. The Morgan fingerprint density at radius 2 is 2.00 bits per heavy atom. The Hall–Kier alpha value is -0.280. The highest BCUT2D eigenvalue weighted by atomic mass is 35.5. The van der Waals surface area contributed by atoms with Crippen LogP contribution in [-0.4, -0.2) is 36.0 Å². The summed E-state index contributed by atoms with van der Waals surface area (Å²) in [4.78, 5) is 14.4. The van der Waals surface area contributed by atoms with E-state index in [9.17, 15) is 4.79 Å². The van der Waals surface area contributed by atoms with Crippen molar-refractivity contribution in [1.29, 1.82) is 0 Å². The van der Waals surface area contributed by atoms with Gasteiger partial charge in [0.05, 0.1) is 0 Å². The van der Waals surface area contributed by atoms with Crippen LogP contribution in [0.4, 0.5) is 0 Å². The van der Waals surface area contributed by atoms with Crippen molar-refractivity contribution in [1.82, 2.24) is 10.2 Å². The van der Waals surface area contributed by atoms with Gasteiger partial charge in [0.15, 0.2) is 0 Å². The molecule has 0 aromatic heterocycles. The Morgan fingerprint density at radius 3 is 2.50 bits per heavy atom. The van der Waals surface area contributed by atoms with Crippen LogP contribution in [0, 0.1) is 11.8 Å². The van der Waals surface area contributed by atoms with E-state index in [1.54, 1.807) is 0 Å². The lowest BCUT2D eigenvalue weighted by molar-refractivity contribution is -0.136. The van der Waals surface area contributed by atoms with Crippen LogP contribution in [0.5, 0.6) is 0 Å². The molecule has 1 fully saturated rings. The molecule has 1 rings (SSSR count). The third kappa shape index (κ3) is 4.43. The molecule has 1 aliphatic rings. The minimum atomic E-state index is 0. The predicted molar refractivity (Wildman–Crippen MR) is 79.1 cm³/mol. The second kappa shape index (κ2) is 8.00. The number of piperazine rings is 1. The lowest BCUT2D eigenvalue weighted by Crippen LogP contribution is -2.57. The zero-order valence-electron chi connectivity index (χ0n) is 12.4. The first-order valence-electron chi connectivity index (χ1n) is 7.00. The summed E-state index contributed by atoms with van der Waals surface area (Å²) in [6.07, 6.45) is 1.81. The summed E-state index contributed by atoms with van der Waals surface area (Å²) >= 11 is 0. The van der Waals surface area contributed by atoms with Gasteiger partial charge in [0.1, 0.15) is 0 Å². The van der Waals surface area contributed by atoms with Gasteiger partial charge in [-0.15, -0.1) is 12.4 Å². The molecular weight excluding hydrogens is 248 g/mol. The predicted octanol–water partition coefficient (Wildman–Crippen LogP) is 2.69. The summed E-state index contributed by atoms with van der Waals surface area (Å²) in [5.41, 5.74) is 0. The van der Waals surface area contributed by atoms with Crippen molar-refractivity contribution >= 4 is 18.3 Å². The zero-order chi connectivity index (χ0) is 13.0. The van der Waals surface area contributed by atoms with Crippen LogP contribution >= 0.6 is 12.4 Å². The Balaban J connectivity index is 0.00000289. The first kappa shape index (κ1) is 17.7. The van der Waals surface area contributed by atoms with Crippen LogP contribution in [0.15, 0.2) is 0 Å². The van der Waals surface area contributed by atoms with E-state index in [2.05, 4.69) is 44.8 Å². The van der Waals surface area contributed by atoms with E-state index in [-0.39, 0.29) is 12.4 Å². The molecular formula is C14H29ClN2O. The average Bonchev–Trinajstić information content (AvgIpc) is 2.28. The summed E-state index contributed by atoms with van der Waals surface area (Å²) in [6.45, 7) is 12.7. The van der Waals surface area contributed by atoms with Crippen LogP contribution in [0.1, 0.15) is 47.5 Å². The van der Waals surface area contributed by atoms with E-state index in [1.165, 1.54) is 0 Å². The maximum atomic E-state index is 12.3. The second-order valence-corrected chi connectivity index (χ2v) is 5.69. The van der Waals surface area contributed by atoms with Gasteiger partial charge in [-0.3, -0.25) is 4.79 Å². The third-order valence-electron chi connectivity index (χ3n) is 4.26. The smallest absolute Gasteiger partial charge is 0.223 e. The van der Waals surface area contributed by atoms with Gasteiger partial charge in [-0.25, -0.2) is 0 Å². The fourth-order valence-corrected chi connectivity index (χ4v) is 2.60. The monoisotopic (exact) mass is 276 g/mol. The van der Waals surface area contributed by atoms with E-state index >= 15 is 0 Å². The lowest BCUT2D eigenvalue weighted by atomic mass is 9.89. The van der Waals surface area contributed by atoms with E-state index in [0.717, 1.165) is 19.5 Å². The number of amides is 1. The molecule has 3 unspecified atom stereocenters. The van der Waals surface area contributed by atoms with Crippen LogP contribution < -0.4 is 5.32 Å². The molecule has 0 saturated carbocycles. The first-order chi connectivity index (χ1) is 7.97. The van der Waals surface area contributed by atoms with Gasteiger partial charge in [-0.1, -0.05) is 27.2 Å². The highest BCUT2D eigenvalue weighted by Crippen LogP contribution is 2.21. The molecule has 1 heterocycles. The van der Waals surface area contributed by atoms with Crippen molar-refractivity contribution in [3.8, 4) is 0 Å². The second-order valence-electron chi connectivity index (χ2n) is 5.69. The van der Waals surface area contributed by atoms with E-state index < -0.39 is 0 Å². The van der Waals surface area contributed by atoms with Gasteiger partial charge in [0.25, 0.3) is 0 Å². The number of nitrogens with one attached hydrogen (secondary N) is 1. The highest BCUT2D eigenvalue weighted by Gasteiger charge is 2.29. The Bertz CT molecular complexity index is 258. The lowest BCUT2D eigenvalue weighted by Gasteiger charge is -2.39. The standard InChI is InChI=1S/C14H28N2O.ClH/c1-6-13(10(2)3)9-14(17)16-8-7-15-11(4)12(16)5;/h10-13,15H,6-9H2,1-5H3;1H. The van der Waals surface area contributed by atoms with Crippen molar-refractivity contribution in [2.75, 3.05) is 13.1 Å². The third-order valence-corrected chi connectivity index (χ3v) is 4.26. The molecule has 18 heavy (non-hydrogen) atoms. The number of hydrogen-bond acceptors (Lipinski definition) is 2. The van der Waals surface area contributed by atoms with Gasteiger partial charge in [0.2, 0.25) is 5.91 Å². The molecule has 108 valence electrons. The number of carbonyl (C=O) groups is 1. The molecule has 3 atom stereocenters. The van der Waals surface area contributed by atoms with Crippen molar-refractivity contribution in [2.24, 2.45) is 11.8 Å². The largest absolute Gasteiger partial charge is 0.337 e. The molecule has 0 aliphatic carbocycles. The van der Waals surface area contributed by atoms with Crippen molar-refractivity contribution in [3.05, 3.63) is 0 Å². The number of halogens is 1. The normalized spacial score (nSPS) is 25.8. The molecule has 4 heteroatoms. The molecule has 1 aliphatic heterocycles. The summed E-state index contributed by atoms with van der Waals surface area (Å²) in [5.74, 6) is 1.46. The topological polar surface area (TPSA) is 32.3 Å². The molecule has 0 spiro atoms. The maximum Gasteiger partial charge on any atom is 0.223 e. The molecule has 1 N–H and O–H groups in total. The van der Waals surface area contributed by atoms with Gasteiger partial charge in [-0.05, 0) is 25.7 Å². The van der Waals surface area contributed by atoms with Crippen LogP contribution in [0.25, 0.3) is 0 Å². The van der Waals surface area contributed by atoms with Crippen LogP contribution in [0.2, 0.25) is 0 Å². The van der Waals surface area contributed by atoms with Crippen molar-refractivity contribution in [2.45, 2.75) is 59.5 Å². The summed E-state index contributed by atoms with van der Waals surface area (Å²) < 4.78 is 0. The summed E-state index contributed by atoms with van der Waals surface area (Å²) in [7, 11) is 0. The molecule has 0 bridgehead atoms. The van der Waals surface area contributed by atoms with Gasteiger partial charge in [0, 0.05) is 31.6 Å². The maximum absolute atomic E-state index is 12.3. The molecule has 1 amide bonds. The number of hydrogen-bond donors (Lipinski definition) is 1. The minimum Gasteiger partial charge on any atom is -0.337 e. The van der Waals surface area contributed by atoms with E-state index in [1.807, 2.05) is 0 Å². The Kier molecular flexibility index (Phi) is 7.88. The van der Waals surface area contributed by atoms with Crippen LogP contribution in [0.3, 0.4) is 0 Å². The van der Waals surface area contributed by atoms with Gasteiger partial charge in [-0.2, -0.15) is 0 Å². The SMILES string of the molecule is CCC(CC(=O)N1CCNC(C)C1C)C(C)C.Cl. The highest BCUT2D eigenvalue weighted by molar-refractivity contribution is 5.85. The molecule has 1 saturated heterocycles. The van der Waals surface area contributed by atoms with E-state index in [0.29, 0.717) is 36.2 Å². The number of carbonyl (C=O) groups excluding carboxylic acids is 1. The van der Waals surface area contributed by atoms with Gasteiger partial charge >= 0.3 is 0 Å². The summed E-state index contributed by atoms with van der Waals surface area (Å²) in [5, 5.41) is 3.41. The Morgan fingerprint density at radius 1 is 1.39 bits per heavy atom. The number of nitrogens with zero attached hydrogens (tertiary/aromatic N) is 1. The molecule has 0 aromatic carbocycles. The van der Waals surface area contributed by atoms with E-state index in [4.69, 9.17) is 0 Å². The first-order valence-corrected chi connectivity index (χ1v) is 7.00. The molecule has 0 radical (unpaired) electrons. The fourth-order valence-electron chi connectivity index (χ4n) is 2.60. The quantitative estimate of drug-likeness (QED) is 0.856. The van der Waals surface area contributed by atoms with Gasteiger partial charge < -0.3 is 10.2 Å². The molecule has 3 nitrogen and oxygen atoms in total. The zero-order valence-corrected chi connectivity index (χ0v) is 13.2. The summed E-state index contributed by atoms with van der Waals surface area (Å²) in [6, 6.07) is 0.729. The average molecular weight is 277 g/mol. The van der Waals surface area contributed by atoms with Crippen LogP contribution in [-0.2, 0) is 4.79 Å². The Labute approximate surface area is 118 Å². The minimum absolute atomic E-state index is 0.